The number of aliphatic imine (C=N–C) groups is 1. The SMILES string of the molecule is C=C(C)N/C(C)=N\C(C)C1CC1C. The van der Waals surface area contributed by atoms with Gasteiger partial charge in [0.05, 0.1) is 11.9 Å². The summed E-state index contributed by atoms with van der Waals surface area (Å²) in [6.45, 7) is 12.2. The molecule has 2 heteroatoms. The van der Waals surface area contributed by atoms with Crippen molar-refractivity contribution in [1.29, 1.82) is 0 Å². The number of nitrogens with zero attached hydrogens (tertiary/aromatic N) is 1. The molecule has 3 atom stereocenters. The molecule has 3 unspecified atom stereocenters. The van der Waals surface area contributed by atoms with Gasteiger partial charge < -0.3 is 5.32 Å². The monoisotopic (exact) mass is 180 g/mol. The molecular formula is C11H20N2. The number of rotatable bonds is 3. The molecule has 13 heavy (non-hydrogen) atoms. The molecule has 1 N–H and O–H groups in total. The van der Waals surface area contributed by atoms with E-state index in [9.17, 15) is 0 Å². The molecule has 0 aromatic carbocycles. The molecule has 0 saturated heterocycles. The van der Waals surface area contributed by atoms with Crippen LogP contribution < -0.4 is 5.32 Å². The van der Waals surface area contributed by atoms with Gasteiger partial charge in [-0.2, -0.15) is 0 Å². The van der Waals surface area contributed by atoms with Crippen LogP contribution in [0, 0.1) is 11.8 Å². The highest BCUT2D eigenvalue weighted by Crippen LogP contribution is 2.41. The zero-order chi connectivity index (χ0) is 10.0. The highest BCUT2D eigenvalue weighted by molar-refractivity contribution is 5.81. The smallest absolute Gasteiger partial charge is 0.0976 e. The lowest BCUT2D eigenvalue weighted by atomic mass is 10.2. The Morgan fingerprint density at radius 2 is 2.08 bits per heavy atom. The van der Waals surface area contributed by atoms with E-state index < -0.39 is 0 Å². The van der Waals surface area contributed by atoms with Gasteiger partial charge in [0.15, 0.2) is 0 Å². The summed E-state index contributed by atoms with van der Waals surface area (Å²) in [5, 5.41) is 3.13. The van der Waals surface area contributed by atoms with Crippen LogP contribution in [0.2, 0.25) is 0 Å². The molecule has 0 spiro atoms. The lowest BCUT2D eigenvalue weighted by Gasteiger charge is -2.09. The van der Waals surface area contributed by atoms with Crippen LogP contribution in [-0.4, -0.2) is 11.9 Å². The van der Waals surface area contributed by atoms with Gasteiger partial charge in [-0.15, -0.1) is 0 Å². The first-order valence-corrected chi connectivity index (χ1v) is 4.97. The van der Waals surface area contributed by atoms with E-state index in [4.69, 9.17) is 0 Å². The van der Waals surface area contributed by atoms with E-state index in [0.29, 0.717) is 6.04 Å². The first-order chi connectivity index (χ1) is 6.00. The highest BCUT2D eigenvalue weighted by Gasteiger charge is 2.37. The van der Waals surface area contributed by atoms with Gasteiger partial charge in [-0.25, -0.2) is 0 Å². The fourth-order valence-corrected chi connectivity index (χ4v) is 1.77. The Kier molecular flexibility index (Phi) is 3.12. The highest BCUT2D eigenvalue weighted by atomic mass is 15.0. The molecule has 1 aliphatic rings. The van der Waals surface area contributed by atoms with Crippen molar-refractivity contribution in [1.82, 2.24) is 5.32 Å². The van der Waals surface area contributed by atoms with Gasteiger partial charge in [0.1, 0.15) is 0 Å². The molecule has 74 valence electrons. The van der Waals surface area contributed by atoms with Gasteiger partial charge in [-0.1, -0.05) is 13.5 Å². The molecule has 1 aliphatic carbocycles. The molecule has 0 radical (unpaired) electrons. The number of hydrogen-bond acceptors (Lipinski definition) is 1. The van der Waals surface area contributed by atoms with E-state index in [1.807, 2.05) is 13.8 Å². The summed E-state index contributed by atoms with van der Waals surface area (Å²) in [5.41, 5.74) is 0.956. The summed E-state index contributed by atoms with van der Waals surface area (Å²) in [5.74, 6) is 2.66. The largest absolute Gasteiger partial charge is 0.349 e. The van der Waals surface area contributed by atoms with Crippen LogP contribution >= 0.6 is 0 Å². The van der Waals surface area contributed by atoms with Gasteiger partial charge in [0.25, 0.3) is 0 Å². The van der Waals surface area contributed by atoms with E-state index in [0.717, 1.165) is 23.4 Å². The van der Waals surface area contributed by atoms with Crippen molar-refractivity contribution in [3.63, 3.8) is 0 Å². The summed E-state index contributed by atoms with van der Waals surface area (Å²) in [4.78, 5) is 4.57. The molecule has 0 aromatic rings. The Bertz CT molecular complexity index is 230. The Morgan fingerprint density at radius 3 is 2.46 bits per heavy atom. The quantitative estimate of drug-likeness (QED) is 0.524. The van der Waals surface area contributed by atoms with Crippen LogP contribution in [0.5, 0.6) is 0 Å². The average Bonchev–Trinajstić information content (AvgIpc) is 2.64. The molecule has 1 saturated carbocycles. The topological polar surface area (TPSA) is 24.4 Å². The molecule has 0 aromatic heterocycles. The van der Waals surface area contributed by atoms with Gasteiger partial charge >= 0.3 is 0 Å². The predicted molar refractivity (Wildman–Crippen MR) is 57.8 cm³/mol. The van der Waals surface area contributed by atoms with Crippen LogP contribution in [0.4, 0.5) is 0 Å². The summed E-state index contributed by atoms with van der Waals surface area (Å²) in [7, 11) is 0. The first kappa shape index (κ1) is 10.3. The van der Waals surface area contributed by atoms with E-state index in [2.05, 4.69) is 30.7 Å². The van der Waals surface area contributed by atoms with Gasteiger partial charge in [0, 0.05) is 5.70 Å². The second kappa shape index (κ2) is 3.95. The first-order valence-electron chi connectivity index (χ1n) is 4.97. The Labute approximate surface area is 81.1 Å². The van der Waals surface area contributed by atoms with Crippen LogP contribution in [0.15, 0.2) is 17.3 Å². The molecule has 2 nitrogen and oxygen atoms in total. The Morgan fingerprint density at radius 1 is 1.54 bits per heavy atom. The second-order valence-corrected chi connectivity index (χ2v) is 4.24. The van der Waals surface area contributed by atoms with Crippen molar-refractivity contribution in [2.24, 2.45) is 16.8 Å². The molecule has 1 rings (SSSR count). The zero-order valence-electron chi connectivity index (χ0n) is 9.09. The minimum absolute atomic E-state index is 0.460. The molecule has 1 fully saturated rings. The Hall–Kier alpha value is -0.790. The fraction of sp³-hybridized carbons (Fsp3) is 0.727. The zero-order valence-corrected chi connectivity index (χ0v) is 9.09. The summed E-state index contributed by atoms with van der Waals surface area (Å²) in [6.07, 6.45) is 1.34. The minimum Gasteiger partial charge on any atom is -0.349 e. The third kappa shape index (κ3) is 3.21. The van der Waals surface area contributed by atoms with Crippen molar-refractivity contribution in [3.8, 4) is 0 Å². The summed E-state index contributed by atoms with van der Waals surface area (Å²) >= 11 is 0. The average molecular weight is 180 g/mol. The summed E-state index contributed by atoms with van der Waals surface area (Å²) in [6, 6.07) is 0.460. The maximum atomic E-state index is 4.57. The number of hydrogen-bond donors (Lipinski definition) is 1. The van der Waals surface area contributed by atoms with Crippen molar-refractivity contribution in [3.05, 3.63) is 12.3 Å². The molecule has 0 amide bonds. The lowest BCUT2D eigenvalue weighted by Crippen LogP contribution is -2.20. The van der Waals surface area contributed by atoms with E-state index in [1.165, 1.54) is 6.42 Å². The predicted octanol–water partition coefficient (Wildman–Crippen LogP) is 2.57. The molecular weight excluding hydrogens is 160 g/mol. The maximum Gasteiger partial charge on any atom is 0.0976 e. The van der Waals surface area contributed by atoms with Crippen molar-refractivity contribution < 1.29 is 0 Å². The van der Waals surface area contributed by atoms with Crippen LogP contribution in [0.25, 0.3) is 0 Å². The maximum absolute atomic E-state index is 4.57. The fourth-order valence-electron chi connectivity index (χ4n) is 1.77. The van der Waals surface area contributed by atoms with E-state index >= 15 is 0 Å². The molecule has 0 aliphatic heterocycles. The lowest BCUT2D eigenvalue weighted by molar-refractivity contribution is 0.608. The second-order valence-electron chi connectivity index (χ2n) is 4.24. The molecule has 0 heterocycles. The number of amidine groups is 1. The number of nitrogens with one attached hydrogen (secondary N) is 1. The van der Waals surface area contributed by atoms with Crippen LogP contribution in [0.1, 0.15) is 34.1 Å². The molecule has 0 bridgehead atoms. The van der Waals surface area contributed by atoms with E-state index in [1.54, 1.807) is 0 Å². The van der Waals surface area contributed by atoms with Crippen molar-refractivity contribution in [2.45, 2.75) is 40.2 Å². The van der Waals surface area contributed by atoms with E-state index in [-0.39, 0.29) is 0 Å². The van der Waals surface area contributed by atoms with Gasteiger partial charge in [-0.3, -0.25) is 4.99 Å². The third-order valence-corrected chi connectivity index (χ3v) is 2.58. The van der Waals surface area contributed by atoms with Crippen molar-refractivity contribution >= 4 is 5.84 Å². The van der Waals surface area contributed by atoms with Gasteiger partial charge in [-0.05, 0) is 39.0 Å². The van der Waals surface area contributed by atoms with Crippen LogP contribution in [0.3, 0.4) is 0 Å². The minimum atomic E-state index is 0.460. The number of allylic oxidation sites excluding steroid dienone is 1. The third-order valence-electron chi connectivity index (χ3n) is 2.58. The standard InChI is InChI=1S/C11H20N2/c1-7(2)12-10(5)13-9(4)11-6-8(11)3/h8-9,11H,1,6H2,2-5H3,(H,12,13). The van der Waals surface area contributed by atoms with Crippen LogP contribution in [-0.2, 0) is 0 Å². The van der Waals surface area contributed by atoms with Crippen molar-refractivity contribution in [2.75, 3.05) is 0 Å². The Balaban J connectivity index is 2.40. The summed E-state index contributed by atoms with van der Waals surface area (Å²) < 4.78 is 0. The van der Waals surface area contributed by atoms with Gasteiger partial charge in [0.2, 0.25) is 0 Å². The normalized spacial score (nSPS) is 29.7.